The Hall–Kier alpha value is -1.90. The van der Waals surface area contributed by atoms with E-state index in [0.717, 1.165) is 10.4 Å². The van der Waals surface area contributed by atoms with Crippen molar-refractivity contribution in [1.29, 1.82) is 0 Å². The highest BCUT2D eigenvalue weighted by Crippen LogP contribution is 2.30. The minimum absolute atomic E-state index is 0.0616. The number of thioether (sulfide) groups is 1. The Kier molecular flexibility index (Phi) is 6.12. The number of anilines is 1. The number of nitrogens with zero attached hydrogens (tertiary/aromatic N) is 2. The smallest absolute Gasteiger partial charge is 0.263 e. The van der Waals surface area contributed by atoms with Gasteiger partial charge in [0, 0.05) is 17.1 Å². The van der Waals surface area contributed by atoms with Gasteiger partial charge in [0.2, 0.25) is 5.91 Å². The minimum Gasteiger partial charge on any atom is -0.325 e. The van der Waals surface area contributed by atoms with Gasteiger partial charge in [-0.05, 0) is 51.5 Å². The molecule has 0 bridgehead atoms. The fourth-order valence-electron chi connectivity index (χ4n) is 2.71. The first-order valence-corrected chi connectivity index (χ1v) is 10.7. The highest BCUT2D eigenvalue weighted by molar-refractivity contribution is 8.00. The monoisotopic (exact) mass is 439 g/mol. The SMILES string of the molecule is CCn1c(SC(C)C(=O)Nc2ccc(F)c(Cl)c2)nc2sc(C)c(C)c2c1=O. The van der Waals surface area contributed by atoms with Gasteiger partial charge in [-0.25, -0.2) is 9.37 Å². The summed E-state index contributed by atoms with van der Waals surface area (Å²) >= 11 is 8.45. The molecule has 148 valence electrons. The largest absolute Gasteiger partial charge is 0.325 e. The molecule has 5 nitrogen and oxygen atoms in total. The van der Waals surface area contributed by atoms with Gasteiger partial charge in [-0.3, -0.25) is 14.2 Å². The van der Waals surface area contributed by atoms with Crippen molar-refractivity contribution >= 4 is 56.5 Å². The number of hydrogen-bond acceptors (Lipinski definition) is 5. The zero-order chi connectivity index (χ0) is 20.6. The molecular formula is C19H19ClFN3O2S2. The van der Waals surface area contributed by atoms with E-state index in [4.69, 9.17) is 11.6 Å². The molecule has 1 atom stereocenters. The summed E-state index contributed by atoms with van der Waals surface area (Å²) in [5.74, 6) is -0.837. The lowest BCUT2D eigenvalue weighted by Crippen LogP contribution is -2.26. The Labute approximate surface area is 174 Å². The maximum Gasteiger partial charge on any atom is 0.263 e. The normalized spacial score (nSPS) is 12.4. The average Bonchev–Trinajstić information content (AvgIpc) is 2.92. The van der Waals surface area contributed by atoms with Crippen molar-refractivity contribution in [3.8, 4) is 0 Å². The molecule has 2 heterocycles. The van der Waals surface area contributed by atoms with E-state index < -0.39 is 11.1 Å². The molecule has 0 aliphatic rings. The molecule has 0 aliphatic carbocycles. The maximum absolute atomic E-state index is 13.3. The molecule has 0 spiro atoms. The van der Waals surface area contributed by atoms with Crippen molar-refractivity contribution in [3.63, 3.8) is 0 Å². The summed E-state index contributed by atoms with van der Waals surface area (Å²) in [6, 6.07) is 4.00. The number of rotatable bonds is 5. The van der Waals surface area contributed by atoms with Crippen molar-refractivity contribution in [1.82, 2.24) is 9.55 Å². The van der Waals surface area contributed by atoms with E-state index in [1.54, 1.807) is 11.5 Å². The standard InChI is InChI=1S/C19H19ClFN3O2S2/c1-5-24-18(26)15-9(2)10(3)27-17(15)23-19(24)28-11(4)16(25)22-12-6-7-14(21)13(20)8-12/h6-8,11H,5H2,1-4H3,(H,22,25). The number of benzene rings is 1. The summed E-state index contributed by atoms with van der Waals surface area (Å²) in [7, 11) is 0. The van der Waals surface area contributed by atoms with Gasteiger partial charge in [0.1, 0.15) is 10.6 Å². The highest BCUT2D eigenvalue weighted by atomic mass is 35.5. The van der Waals surface area contributed by atoms with Crippen LogP contribution in [0.25, 0.3) is 10.2 Å². The van der Waals surface area contributed by atoms with Gasteiger partial charge >= 0.3 is 0 Å². The summed E-state index contributed by atoms with van der Waals surface area (Å²) in [5.41, 5.74) is 1.27. The third kappa shape index (κ3) is 3.94. The van der Waals surface area contributed by atoms with Crippen LogP contribution in [-0.4, -0.2) is 20.7 Å². The fourth-order valence-corrected chi connectivity index (χ4v) is 4.93. The molecular weight excluding hydrogens is 421 g/mol. The number of carbonyl (C=O) groups is 1. The quantitative estimate of drug-likeness (QED) is 0.448. The van der Waals surface area contributed by atoms with Crippen LogP contribution in [-0.2, 0) is 11.3 Å². The molecule has 1 N–H and O–H groups in total. The molecule has 1 aromatic carbocycles. The van der Waals surface area contributed by atoms with Gasteiger partial charge in [0.05, 0.1) is 15.7 Å². The van der Waals surface area contributed by atoms with Crippen LogP contribution in [0.4, 0.5) is 10.1 Å². The zero-order valence-corrected chi connectivity index (χ0v) is 18.2. The summed E-state index contributed by atoms with van der Waals surface area (Å²) in [5, 5.41) is 3.27. The Morgan fingerprint density at radius 3 is 2.79 bits per heavy atom. The van der Waals surface area contributed by atoms with Crippen LogP contribution in [0.3, 0.4) is 0 Å². The van der Waals surface area contributed by atoms with Gasteiger partial charge in [-0.2, -0.15) is 0 Å². The summed E-state index contributed by atoms with van der Waals surface area (Å²) < 4.78 is 14.9. The van der Waals surface area contributed by atoms with Crippen molar-refractivity contribution < 1.29 is 9.18 Å². The molecule has 0 radical (unpaired) electrons. The van der Waals surface area contributed by atoms with Crippen LogP contribution in [0.15, 0.2) is 28.2 Å². The van der Waals surface area contributed by atoms with Crippen molar-refractivity contribution in [2.45, 2.75) is 44.6 Å². The number of carbonyl (C=O) groups excluding carboxylic acids is 1. The van der Waals surface area contributed by atoms with Crippen LogP contribution >= 0.6 is 34.7 Å². The summed E-state index contributed by atoms with van der Waals surface area (Å²) in [6.45, 7) is 7.95. The first kappa shape index (κ1) is 20.8. The summed E-state index contributed by atoms with van der Waals surface area (Å²) in [4.78, 5) is 31.8. The Bertz CT molecular complexity index is 1130. The third-order valence-corrected chi connectivity index (χ3v) is 6.89. The van der Waals surface area contributed by atoms with Gasteiger partial charge in [-0.15, -0.1) is 11.3 Å². The molecule has 1 amide bonds. The van der Waals surface area contributed by atoms with Gasteiger partial charge in [-0.1, -0.05) is 23.4 Å². The van der Waals surface area contributed by atoms with E-state index in [-0.39, 0.29) is 16.5 Å². The van der Waals surface area contributed by atoms with Crippen molar-refractivity contribution in [3.05, 3.63) is 49.8 Å². The Morgan fingerprint density at radius 1 is 1.43 bits per heavy atom. The lowest BCUT2D eigenvalue weighted by molar-refractivity contribution is -0.115. The molecule has 0 aliphatic heterocycles. The van der Waals surface area contributed by atoms with Crippen molar-refractivity contribution in [2.75, 3.05) is 5.32 Å². The number of aryl methyl sites for hydroxylation is 2. The predicted molar refractivity (Wildman–Crippen MR) is 114 cm³/mol. The number of nitrogens with one attached hydrogen (secondary N) is 1. The zero-order valence-electron chi connectivity index (χ0n) is 15.8. The molecule has 1 unspecified atom stereocenters. The second-order valence-corrected chi connectivity index (χ2v) is 9.20. The average molecular weight is 440 g/mol. The van der Waals surface area contributed by atoms with Crippen LogP contribution in [0, 0.1) is 19.7 Å². The van der Waals surface area contributed by atoms with Gasteiger partial charge in [0.15, 0.2) is 5.16 Å². The fraction of sp³-hybridized carbons (Fsp3) is 0.316. The number of hydrogen-bond donors (Lipinski definition) is 1. The topological polar surface area (TPSA) is 64.0 Å². The van der Waals surface area contributed by atoms with Gasteiger partial charge < -0.3 is 5.32 Å². The lowest BCUT2D eigenvalue weighted by Gasteiger charge is -2.15. The van der Waals surface area contributed by atoms with E-state index in [0.29, 0.717) is 27.6 Å². The molecule has 0 saturated carbocycles. The molecule has 3 aromatic rings. The van der Waals surface area contributed by atoms with E-state index in [1.165, 1.54) is 41.3 Å². The molecule has 0 fully saturated rings. The van der Waals surface area contributed by atoms with Crippen molar-refractivity contribution in [2.24, 2.45) is 0 Å². The number of halogens is 2. The van der Waals surface area contributed by atoms with Gasteiger partial charge in [0.25, 0.3) is 5.56 Å². The predicted octanol–water partition coefficient (Wildman–Crippen LogP) is 5.01. The highest BCUT2D eigenvalue weighted by Gasteiger charge is 2.21. The third-order valence-electron chi connectivity index (χ3n) is 4.41. The lowest BCUT2D eigenvalue weighted by atomic mass is 10.2. The molecule has 28 heavy (non-hydrogen) atoms. The van der Waals surface area contributed by atoms with E-state index in [9.17, 15) is 14.0 Å². The second kappa shape index (κ2) is 8.23. The van der Waals surface area contributed by atoms with Crippen LogP contribution in [0.5, 0.6) is 0 Å². The van der Waals surface area contributed by atoms with E-state index in [2.05, 4.69) is 10.3 Å². The first-order valence-electron chi connectivity index (χ1n) is 8.66. The molecule has 2 aromatic heterocycles. The Balaban J connectivity index is 1.87. The van der Waals surface area contributed by atoms with E-state index in [1.807, 2.05) is 20.8 Å². The molecule has 3 rings (SSSR count). The first-order chi connectivity index (χ1) is 13.2. The Morgan fingerprint density at radius 2 is 2.14 bits per heavy atom. The minimum atomic E-state index is -0.548. The maximum atomic E-state index is 13.3. The van der Waals surface area contributed by atoms with Crippen LogP contribution in [0.1, 0.15) is 24.3 Å². The number of amides is 1. The second-order valence-electron chi connectivity index (χ2n) is 6.29. The molecule has 9 heteroatoms. The van der Waals surface area contributed by atoms with Crippen LogP contribution in [0.2, 0.25) is 5.02 Å². The number of aromatic nitrogens is 2. The van der Waals surface area contributed by atoms with E-state index >= 15 is 0 Å². The number of thiophene rings is 1. The number of fused-ring (bicyclic) bond motifs is 1. The van der Waals surface area contributed by atoms with Crippen LogP contribution < -0.4 is 10.9 Å². The molecule has 0 saturated heterocycles. The summed E-state index contributed by atoms with van der Waals surface area (Å²) in [6.07, 6.45) is 0.